The summed E-state index contributed by atoms with van der Waals surface area (Å²) in [6.07, 6.45) is -9.47. The van der Waals surface area contributed by atoms with Crippen molar-refractivity contribution in [3.8, 4) is 0 Å². The Labute approximate surface area is 239 Å². The second-order valence-corrected chi connectivity index (χ2v) is 11.1. The van der Waals surface area contributed by atoms with E-state index in [1.165, 1.54) is 4.90 Å². The van der Waals surface area contributed by atoms with Gasteiger partial charge in [0.15, 0.2) is 0 Å². The summed E-state index contributed by atoms with van der Waals surface area (Å²) in [5, 5.41) is 0. The van der Waals surface area contributed by atoms with Gasteiger partial charge in [-0.05, 0) is 49.6 Å². The molecule has 0 aromatic heterocycles. The molecule has 3 fully saturated rings. The fourth-order valence-electron chi connectivity index (χ4n) is 6.04. The van der Waals surface area contributed by atoms with E-state index in [1.54, 1.807) is 9.80 Å². The van der Waals surface area contributed by atoms with Crippen molar-refractivity contribution >= 4 is 17.6 Å². The summed E-state index contributed by atoms with van der Waals surface area (Å²) in [5.41, 5.74) is -2.78. The first-order chi connectivity index (χ1) is 19.8. The molecule has 0 radical (unpaired) electrons. The van der Waals surface area contributed by atoms with Gasteiger partial charge in [0.1, 0.15) is 0 Å². The molecule has 7 nitrogen and oxygen atoms in total. The summed E-state index contributed by atoms with van der Waals surface area (Å²) in [6, 6.07) is 8.25. The molecule has 1 spiro atoms. The van der Waals surface area contributed by atoms with Crippen LogP contribution in [0.5, 0.6) is 0 Å². The van der Waals surface area contributed by atoms with Crippen molar-refractivity contribution in [2.45, 2.75) is 37.7 Å². The van der Waals surface area contributed by atoms with Crippen LogP contribution in [-0.4, -0.2) is 91.2 Å². The number of urea groups is 1. The molecule has 13 heteroatoms. The van der Waals surface area contributed by atoms with E-state index >= 15 is 0 Å². The highest BCUT2D eigenvalue weighted by atomic mass is 19.4. The first kappa shape index (κ1) is 30.1. The van der Waals surface area contributed by atoms with E-state index in [9.17, 15) is 35.9 Å². The average Bonchev–Trinajstić information content (AvgIpc) is 3.21. The summed E-state index contributed by atoms with van der Waals surface area (Å²) in [7, 11) is 0. The average molecular weight is 599 g/mol. The van der Waals surface area contributed by atoms with E-state index < -0.39 is 40.5 Å². The third-order valence-electron chi connectivity index (χ3n) is 8.38. The molecule has 2 aromatic rings. The molecular formula is C29H32F6N4O3. The maximum absolute atomic E-state index is 13.8. The van der Waals surface area contributed by atoms with E-state index in [4.69, 9.17) is 4.74 Å². The highest BCUT2D eigenvalue weighted by Crippen LogP contribution is 2.42. The quantitative estimate of drug-likeness (QED) is 0.440. The maximum Gasteiger partial charge on any atom is 0.416 e. The van der Waals surface area contributed by atoms with Gasteiger partial charge in [0.05, 0.1) is 29.9 Å². The van der Waals surface area contributed by atoms with Crippen LogP contribution in [0, 0.1) is 6.92 Å². The lowest BCUT2D eigenvalue weighted by atomic mass is 9.85. The van der Waals surface area contributed by atoms with Gasteiger partial charge in [-0.25, -0.2) is 4.79 Å². The molecule has 0 saturated carbocycles. The number of hydrogen-bond acceptors (Lipinski definition) is 4. The number of para-hydroxylation sites is 1. The summed E-state index contributed by atoms with van der Waals surface area (Å²) in [6.45, 7) is 6.43. The first-order valence-corrected chi connectivity index (χ1v) is 13.8. The summed E-state index contributed by atoms with van der Waals surface area (Å²) in [4.78, 5) is 34.1. The Morgan fingerprint density at radius 3 is 2.05 bits per heavy atom. The van der Waals surface area contributed by atoms with Crippen LogP contribution >= 0.6 is 0 Å². The summed E-state index contributed by atoms with van der Waals surface area (Å²) in [5.74, 6) is -0.905. The number of morpholine rings is 1. The van der Waals surface area contributed by atoms with Gasteiger partial charge in [0.25, 0.3) is 5.91 Å². The molecule has 3 amide bonds. The summed E-state index contributed by atoms with van der Waals surface area (Å²) < 4.78 is 85.7. The molecule has 3 heterocycles. The van der Waals surface area contributed by atoms with Crippen LogP contribution in [0.4, 0.5) is 36.8 Å². The number of amides is 3. The number of carbonyl (C=O) groups excluding carboxylic acids is 2. The largest absolute Gasteiger partial charge is 0.416 e. The Bertz CT molecular complexity index is 1280. The minimum Gasteiger partial charge on any atom is -0.379 e. The number of likely N-dealkylation sites (tertiary alicyclic amines) is 1. The van der Waals surface area contributed by atoms with Gasteiger partial charge < -0.3 is 14.5 Å². The number of rotatable bonds is 5. The predicted octanol–water partition coefficient (Wildman–Crippen LogP) is 5.28. The monoisotopic (exact) mass is 598 g/mol. The van der Waals surface area contributed by atoms with Crippen molar-refractivity contribution in [2.75, 3.05) is 63.9 Å². The zero-order valence-electron chi connectivity index (χ0n) is 23.1. The molecule has 0 unspecified atom stereocenters. The highest BCUT2D eigenvalue weighted by molar-refractivity contribution is 5.98. The van der Waals surface area contributed by atoms with Crippen LogP contribution in [0.1, 0.15) is 39.9 Å². The number of halogens is 6. The van der Waals surface area contributed by atoms with E-state index in [0.29, 0.717) is 57.8 Å². The fourth-order valence-corrected chi connectivity index (χ4v) is 6.04. The van der Waals surface area contributed by atoms with E-state index in [2.05, 4.69) is 4.90 Å². The SMILES string of the molecule is Cc1ccccc1N1C(=O)N(CCN2CCOCC2)CC12CCN(C(=O)c1cc(C(F)(F)F)cc(C(F)(F)F)c1)CC2. The van der Waals surface area contributed by atoms with Crippen LogP contribution in [-0.2, 0) is 17.1 Å². The molecule has 3 aliphatic heterocycles. The standard InChI is InChI=1S/C29H32F6N4O3/c1-20-4-2-3-5-24(20)39-26(41)38(11-10-36-12-14-42-15-13-36)19-27(39)6-8-37(9-7-27)25(40)21-16-22(28(30,31)32)18-23(17-21)29(33,34)35/h2-5,16-18H,6-15,19H2,1H3. The van der Waals surface area contributed by atoms with E-state index in [1.807, 2.05) is 31.2 Å². The minimum atomic E-state index is -5.05. The van der Waals surface area contributed by atoms with Crippen molar-refractivity contribution in [3.05, 3.63) is 64.7 Å². The summed E-state index contributed by atoms with van der Waals surface area (Å²) >= 11 is 0. The second kappa shape index (κ2) is 11.4. The smallest absolute Gasteiger partial charge is 0.379 e. The van der Waals surface area contributed by atoms with E-state index in [-0.39, 0.29) is 25.2 Å². The maximum atomic E-state index is 13.8. The number of ether oxygens (including phenoxy) is 1. The normalized spacial score (nSPS) is 20.1. The molecule has 228 valence electrons. The first-order valence-electron chi connectivity index (χ1n) is 13.8. The lowest BCUT2D eigenvalue weighted by Gasteiger charge is -2.44. The predicted molar refractivity (Wildman–Crippen MR) is 142 cm³/mol. The third kappa shape index (κ3) is 6.07. The van der Waals surface area contributed by atoms with Gasteiger partial charge in [0, 0.05) is 57.1 Å². The van der Waals surface area contributed by atoms with Crippen molar-refractivity contribution in [3.63, 3.8) is 0 Å². The topological polar surface area (TPSA) is 56.3 Å². The van der Waals surface area contributed by atoms with Gasteiger partial charge in [-0.1, -0.05) is 18.2 Å². The third-order valence-corrected chi connectivity index (χ3v) is 8.38. The molecule has 0 atom stereocenters. The van der Waals surface area contributed by atoms with Crippen LogP contribution in [0.25, 0.3) is 0 Å². The lowest BCUT2D eigenvalue weighted by Crippen LogP contribution is -2.56. The van der Waals surface area contributed by atoms with Crippen molar-refractivity contribution in [1.29, 1.82) is 0 Å². The zero-order valence-corrected chi connectivity index (χ0v) is 23.1. The molecule has 0 aliphatic carbocycles. The molecule has 0 N–H and O–H groups in total. The van der Waals surface area contributed by atoms with Crippen molar-refractivity contribution in [2.24, 2.45) is 0 Å². The van der Waals surface area contributed by atoms with Crippen molar-refractivity contribution in [1.82, 2.24) is 14.7 Å². The molecule has 42 heavy (non-hydrogen) atoms. The fraction of sp³-hybridized carbons (Fsp3) is 0.517. The number of nitrogens with zero attached hydrogens (tertiary/aromatic N) is 4. The van der Waals surface area contributed by atoms with Crippen molar-refractivity contribution < 1.29 is 40.7 Å². The Hall–Kier alpha value is -3.32. The molecular weight excluding hydrogens is 566 g/mol. The second-order valence-electron chi connectivity index (χ2n) is 11.1. The zero-order chi connectivity index (χ0) is 30.3. The Balaban J connectivity index is 1.38. The van der Waals surface area contributed by atoms with Crippen LogP contribution in [0.3, 0.4) is 0 Å². The molecule has 2 aromatic carbocycles. The van der Waals surface area contributed by atoms with Gasteiger partial charge in [-0.15, -0.1) is 0 Å². The van der Waals surface area contributed by atoms with Crippen LogP contribution in [0.2, 0.25) is 0 Å². The number of anilines is 1. The van der Waals surface area contributed by atoms with E-state index in [0.717, 1.165) is 24.3 Å². The number of piperidine rings is 1. The molecule has 3 aliphatic rings. The number of aryl methyl sites for hydroxylation is 1. The van der Waals surface area contributed by atoms with Gasteiger partial charge in [0.2, 0.25) is 0 Å². The lowest BCUT2D eigenvalue weighted by molar-refractivity contribution is -0.143. The molecule has 3 saturated heterocycles. The van der Waals surface area contributed by atoms with Crippen LogP contribution < -0.4 is 4.90 Å². The number of carbonyl (C=O) groups is 2. The Morgan fingerprint density at radius 2 is 1.48 bits per heavy atom. The van der Waals surface area contributed by atoms with Gasteiger partial charge in [-0.2, -0.15) is 26.3 Å². The number of alkyl halides is 6. The van der Waals surface area contributed by atoms with Gasteiger partial charge in [-0.3, -0.25) is 14.6 Å². The Kier molecular flexibility index (Phi) is 8.18. The number of hydrogen-bond donors (Lipinski definition) is 0. The minimum absolute atomic E-state index is 0.0116. The van der Waals surface area contributed by atoms with Gasteiger partial charge >= 0.3 is 18.4 Å². The number of benzene rings is 2. The van der Waals surface area contributed by atoms with Crippen LogP contribution in [0.15, 0.2) is 42.5 Å². The molecule has 0 bridgehead atoms. The molecule has 5 rings (SSSR count). The Morgan fingerprint density at radius 1 is 0.881 bits per heavy atom. The highest BCUT2D eigenvalue weighted by Gasteiger charge is 2.52.